The minimum atomic E-state index is -0.643. The number of quaternary nitrogens is 1. The summed E-state index contributed by atoms with van der Waals surface area (Å²) in [6.45, 7) is 4.37. The molecular formula is C21H28N3O2+. The molecule has 138 valence electrons. The highest BCUT2D eigenvalue weighted by Crippen LogP contribution is 2.37. The summed E-state index contributed by atoms with van der Waals surface area (Å²) in [5.74, 6) is 0.221. The van der Waals surface area contributed by atoms with E-state index in [-0.39, 0.29) is 17.9 Å². The van der Waals surface area contributed by atoms with Crippen molar-refractivity contribution in [1.29, 1.82) is 0 Å². The molecule has 1 unspecified atom stereocenters. The van der Waals surface area contributed by atoms with Crippen LogP contribution in [0.4, 0.5) is 4.79 Å². The number of rotatable bonds is 3. The molecule has 1 aliphatic carbocycles. The second kappa shape index (κ2) is 6.88. The molecule has 5 heteroatoms. The molecule has 4 rings (SSSR count). The lowest BCUT2D eigenvalue weighted by Gasteiger charge is -2.37. The van der Waals surface area contributed by atoms with Crippen LogP contribution in [-0.2, 0) is 4.79 Å². The molecule has 3 atom stereocenters. The number of amides is 3. The van der Waals surface area contributed by atoms with Crippen molar-refractivity contribution < 1.29 is 14.5 Å². The Bertz CT molecular complexity index is 730. The van der Waals surface area contributed by atoms with Crippen LogP contribution in [0.15, 0.2) is 36.4 Å². The zero-order valence-electron chi connectivity index (χ0n) is 15.5. The van der Waals surface area contributed by atoms with Crippen LogP contribution in [0.3, 0.4) is 0 Å². The van der Waals surface area contributed by atoms with Crippen molar-refractivity contribution >= 4 is 17.5 Å². The van der Waals surface area contributed by atoms with E-state index >= 15 is 0 Å². The molecule has 0 bridgehead atoms. The summed E-state index contributed by atoms with van der Waals surface area (Å²) >= 11 is 0. The van der Waals surface area contributed by atoms with Gasteiger partial charge in [0, 0.05) is 6.42 Å². The molecule has 2 fully saturated rings. The Morgan fingerprint density at radius 1 is 1.23 bits per heavy atom. The number of hydrogen-bond acceptors (Lipinski definition) is 2. The van der Waals surface area contributed by atoms with Crippen LogP contribution >= 0.6 is 0 Å². The monoisotopic (exact) mass is 354 g/mol. The van der Waals surface area contributed by atoms with Crippen molar-refractivity contribution in [3.05, 3.63) is 42.0 Å². The van der Waals surface area contributed by atoms with Gasteiger partial charge in [-0.15, -0.1) is 0 Å². The van der Waals surface area contributed by atoms with Crippen molar-refractivity contribution in [2.75, 3.05) is 19.8 Å². The summed E-state index contributed by atoms with van der Waals surface area (Å²) in [5, 5.41) is 3.05. The van der Waals surface area contributed by atoms with Gasteiger partial charge in [-0.05, 0) is 36.0 Å². The predicted molar refractivity (Wildman–Crippen MR) is 100 cm³/mol. The van der Waals surface area contributed by atoms with Gasteiger partial charge in [0.1, 0.15) is 5.54 Å². The predicted octanol–water partition coefficient (Wildman–Crippen LogP) is 1.82. The van der Waals surface area contributed by atoms with Gasteiger partial charge >= 0.3 is 6.03 Å². The summed E-state index contributed by atoms with van der Waals surface area (Å²) in [6, 6.07) is 10.2. The maximum Gasteiger partial charge on any atom is 0.329 e. The van der Waals surface area contributed by atoms with E-state index in [4.69, 9.17) is 0 Å². The second-order valence-corrected chi connectivity index (χ2v) is 7.99. The second-order valence-electron chi connectivity index (χ2n) is 7.99. The lowest BCUT2D eigenvalue weighted by atomic mass is 9.73. The zero-order chi connectivity index (χ0) is 18.1. The molecule has 1 spiro atoms. The van der Waals surface area contributed by atoms with Gasteiger partial charge in [0.25, 0.3) is 5.91 Å². The van der Waals surface area contributed by atoms with Crippen LogP contribution in [0.2, 0.25) is 0 Å². The zero-order valence-corrected chi connectivity index (χ0v) is 15.5. The third kappa shape index (κ3) is 2.94. The molecule has 1 saturated heterocycles. The van der Waals surface area contributed by atoms with Crippen molar-refractivity contribution in [2.24, 2.45) is 5.92 Å². The Morgan fingerprint density at radius 3 is 2.73 bits per heavy atom. The number of urea groups is 1. The average Bonchev–Trinajstić information content (AvgIpc) is 2.90. The summed E-state index contributed by atoms with van der Waals surface area (Å²) in [4.78, 5) is 28.3. The topological polar surface area (TPSA) is 53.9 Å². The minimum absolute atomic E-state index is 0.0000332. The Labute approximate surface area is 155 Å². The highest BCUT2D eigenvalue weighted by molar-refractivity contribution is 6.07. The number of nitrogens with zero attached hydrogens (tertiary/aromatic N) is 1. The normalized spacial score (nSPS) is 31.9. The van der Waals surface area contributed by atoms with Crippen molar-refractivity contribution in [3.63, 3.8) is 0 Å². The van der Waals surface area contributed by atoms with Gasteiger partial charge in [-0.1, -0.05) is 50.1 Å². The molecule has 1 aromatic rings. The van der Waals surface area contributed by atoms with Gasteiger partial charge in [0.15, 0.2) is 6.67 Å². The Hall–Kier alpha value is -2.14. The molecule has 2 heterocycles. The molecule has 2 aliphatic heterocycles. The van der Waals surface area contributed by atoms with Gasteiger partial charge in [0.05, 0.1) is 13.1 Å². The van der Waals surface area contributed by atoms with Gasteiger partial charge in [-0.2, -0.15) is 0 Å². The van der Waals surface area contributed by atoms with Crippen molar-refractivity contribution in [1.82, 2.24) is 10.2 Å². The lowest BCUT2D eigenvalue weighted by Crippen LogP contribution is -3.14. The maximum atomic E-state index is 13.1. The lowest BCUT2D eigenvalue weighted by molar-refractivity contribution is -0.902. The number of hydrogen-bond donors (Lipinski definition) is 2. The summed E-state index contributed by atoms with van der Waals surface area (Å²) < 4.78 is 0. The highest BCUT2D eigenvalue weighted by Gasteiger charge is 2.55. The molecular weight excluding hydrogens is 326 g/mol. The molecule has 3 aliphatic rings. The SMILES string of the molecule is C[C@@H]1CCCC[C@]12NC(=O)N(C[NH+]1CC=C(c3ccccc3)CC1)C2=O. The standard InChI is InChI=1S/C21H27N3O2/c1-16-7-5-6-12-21(16)19(25)24(20(26)22-21)15-23-13-10-18(11-14-23)17-8-3-2-4-9-17/h2-4,8-10,16H,5-7,11-15H2,1H3,(H,22,26)/p+1/t16-,21+/m1/s1. The Kier molecular flexibility index (Phi) is 4.57. The van der Waals surface area contributed by atoms with E-state index in [1.807, 2.05) is 6.07 Å². The maximum absolute atomic E-state index is 13.1. The molecule has 0 aromatic heterocycles. The number of nitrogens with one attached hydrogen (secondary N) is 2. The van der Waals surface area contributed by atoms with Gasteiger partial charge in [-0.3, -0.25) is 4.79 Å². The van der Waals surface area contributed by atoms with E-state index in [1.165, 1.54) is 20.9 Å². The third-order valence-electron chi connectivity index (χ3n) is 6.41. The van der Waals surface area contributed by atoms with E-state index in [0.29, 0.717) is 6.67 Å². The summed E-state index contributed by atoms with van der Waals surface area (Å²) in [5.41, 5.74) is 2.00. The Balaban J connectivity index is 1.43. The van der Waals surface area contributed by atoms with E-state index in [2.05, 4.69) is 42.6 Å². The first-order valence-electron chi connectivity index (χ1n) is 9.82. The molecule has 5 nitrogen and oxygen atoms in total. The molecule has 0 radical (unpaired) electrons. The van der Waals surface area contributed by atoms with Gasteiger partial charge in [-0.25, -0.2) is 9.69 Å². The quantitative estimate of drug-likeness (QED) is 0.814. The fourth-order valence-electron chi connectivity index (χ4n) is 4.70. The van der Waals surface area contributed by atoms with Gasteiger partial charge in [0.2, 0.25) is 0 Å². The molecule has 1 aromatic carbocycles. The van der Waals surface area contributed by atoms with Crippen LogP contribution in [0.5, 0.6) is 0 Å². The summed E-state index contributed by atoms with van der Waals surface area (Å²) in [6.07, 6.45) is 7.19. The van der Waals surface area contributed by atoms with Gasteiger partial charge < -0.3 is 10.2 Å². The van der Waals surface area contributed by atoms with E-state index in [9.17, 15) is 9.59 Å². The minimum Gasteiger partial charge on any atom is -0.323 e. The van der Waals surface area contributed by atoms with Crippen molar-refractivity contribution in [2.45, 2.75) is 44.6 Å². The fourth-order valence-corrected chi connectivity index (χ4v) is 4.70. The molecule has 2 N–H and O–H groups in total. The fraction of sp³-hybridized carbons (Fsp3) is 0.524. The van der Waals surface area contributed by atoms with Crippen molar-refractivity contribution in [3.8, 4) is 0 Å². The first kappa shape index (κ1) is 17.3. The van der Waals surface area contributed by atoms with E-state index < -0.39 is 5.54 Å². The number of imide groups is 1. The molecule has 3 amide bonds. The first-order chi connectivity index (χ1) is 12.6. The third-order valence-corrected chi connectivity index (χ3v) is 6.41. The highest BCUT2D eigenvalue weighted by atomic mass is 16.2. The van der Waals surface area contributed by atoms with Crippen LogP contribution < -0.4 is 10.2 Å². The van der Waals surface area contributed by atoms with E-state index in [0.717, 1.165) is 45.2 Å². The summed E-state index contributed by atoms with van der Waals surface area (Å²) in [7, 11) is 0. The van der Waals surface area contributed by atoms with Crippen LogP contribution in [0.25, 0.3) is 5.57 Å². The van der Waals surface area contributed by atoms with Crippen LogP contribution in [0, 0.1) is 5.92 Å². The molecule has 26 heavy (non-hydrogen) atoms. The smallest absolute Gasteiger partial charge is 0.323 e. The number of carbonyl (C=O) groups excluding carboxylic acids is 2. The number of carbonyl (C=O) groups is 2. The number of benzene rings is 1. The van der Waals surface area contributed by atoms with Crippen LogP contribution in [0.1, 0.15) is 44.6 Å². The largest absolute Gasteiger partial charge is 0.329 e. The van der Waals surface area contributed by atoms with E-state index in [1.54, 1.807) is 0 Å². The Morgan fingerprint density at radius 2 is 2.04 bits per heavy atom. The molecule has 1 saturated carbocycles. The average molecular weight is 354 g/mol. The first-order valence-corrected chi connectivity index (χ1v) is 9.82. The van der Waals surface area contributed by atoms with Crippen LogP contribution in [-0.4, -0.2) is 42.1 Å².